The zero-order chi connectivity index (χ0) is 15.7. The average Bonchev–Trinajstić information content (AvgIpc) is 2.45. The Morgan fingerprint density at radius 1 is 1.14 bits per heavy atom. The summed E-state index contributed by atoms with van der Waals surface area (Å²) >= 11 is 0. The van der Waals surface area contributed by atoms with Crippen molar-refractivity contribution >= 4 is 17.9 Å². The van der Waals surface area contributed by atoms with Gasteiger partial charge in [-0.1, -0.05) is 6.92 Å². The first-order valence-corrected chi connectivity index (χ1v) is 7.54. The number of carboxylic acid groups (broad SMARTS) is 1. The number of hydrogen-bond acceptors (Lipinski definition) is 4. The van der Waals surface area contributed by atoms with Crippen molar-refractivity contribution < 1.29 is 19.5 Å². The third kappa shape index (κ3) is 7.08. The van der Waals surface area contributed by atoms with Crippen molar-refractivity contribution in [2.24, 2.45) is 11.8 Å². The lowest BCUT2D eigenvalue weighted by molar-refractivity contribution is -0.143. The van der Waals surface area contributed by atoms with Gasteiger partial charge in [-0.25, -0.2) is 4.79 Å². The fourth-order valence-electron chi connectivity index (χ4n) is 2.46. The van der Waals surface area contributed by atoms with E-state index in [1.807, 2.05) is 6.92 Å². The van der Waals surface area contributed by atoms with E-state index in [1.54, 1.807) is 0 Å². The average molecular weight is 299 g/mol. The molecule has 7 nitrogen and oxygen atoms in total. The highest BCUT2D eigenvalue weighted by Crippen LogP contribution is 2.28. The summed E-state index contributed by atoms with van der Waals surface area (Å²) in [6.45, 7) is 3.25. The maximum Gasteiger partial charge on any atom is 0.321 e. The van der Waals surface area contributed by atoms with Gasteiger partial charge < -0.3 is 15.7 Å². The second-order valence-electron chi connectivity index (χ2n) is 5.49. The Labute approximate surface area is 124 Å². The van der Waals surface area contributed by atoms with Gasteiger partial charge in [-0.15, -0.1) is 0 Å². The Morgan fingerprint density at radius 2 is 1.81 bits per heavy atom. The van der Waals surface area contributed by atoms with E-state index in [4.69, 9.17) is 5.11 Å². The molecule has 1 aliphatic carbocycles. The minimum atomic E-state index is -0.709. The molecule has 0 spiro atoms. The van der Waals surface area contributed by atoms with Gasteiger partial charge in [0.25, 0.3) is 0 Å². The van der Waals surface area contributed by atoms with E-state index in [0.717, 1.165) is 19.3 Å². The molecule has 1 saturated carbocycles. The molecular formula is C14H25N3O4. The fourth-order valence-corrected chi connectivity index (χ4v) is 2.46. The number of amides is 3. The molecule has 0 radical (unpaired) electrons. The van der Waals surface area contributed by atoms with Crippen LogP contribution in [0.5, 0.6) is 0 Å². The molecule has 0 unspecified atom stereocenters. The first-order valence-electron chi connectivity index (χ1n) is 7.54. The number of urea groups is 1. The number of aliphatic carboxylic acids is 1. The summed E-state index contributed by atoms with van der Waals surface area (Å²) in [6, 6.07) is -0.467. The largest absolute Gasteiger partial charge is 0.481 e. The van der Waals surface area contributed by atoms with Crippen LogP contribution < -0.4 is 16.0 Å². The van der Waals surface area contributed by atoms with Gasteiger partial charge in [0.15, 0.2) is 0 Å². The van der Waals surface area contributed by atoms with Crippen LogP contribution in [0.2, 0.25) is 0 Å². The molecule has 1 aliphatic rings. The van der Waals surface area contributed by atoms with E-state index in [2.05, 4.69) is 16.0 Å². The van der Waals surface area contributed by atoms with Crippen LogP contribution in [0.15, 0.2) is 0 Å². The molecule has 7 heteroatoms. The summed E-state index contributed by atoms with van der Waals surface area (Å²) in [7, 11) is 0. The van der Waals surface area contributed by atoms with Gasteiger partial charge >= 0.3 is 12.0 Å². The SMILES string of the molecule is CCCNC(=O)NC(=O)CNCC1CCC(C(=O)O)CC1. The second-order valence-corrected chi connectivity index (χ2v) is 5.49. The van der Waals surface area contributed by atoms with Gasteiger partial charge in [0.1, 0.15) is 0 Å². The number of nitrogens with one attached hydrogen (secondary N) is 3. The number of rotatable bonds is 7. The van der Waals surface area contributed by atoms with E-state index >= 15 is 0 Å². The zero-order valence-corrected chi connectivity index (χ0v) is 12.5. The molecule has 1 rings (SSSR count). The maximum atomic E-state index is 11.5. The summed E-state index contributed by atoms with van der Waals surface area (Å²) in [5.74, 6) is -0.879. The van der Waals surface area contributed by atoms with E-state index in [9.17, 15) is 14.4 Å². The van der Waals surface area contributed by atoms with E-state index in [1.165, 1.54) is 0 Å². The lowest BCUT2D eigenvalue weighted by atomic mass is 9.82. The number of carboxylic acids is 1. The minimum absolute atomic E-state index is 0.0956. The Kier molecular flexibility index (Phi) is 7.74. The van der Waals surface area contributed by atoms with Crippen molar-refractivity contribution in [3.8, 4) is 0 Å². The molecule has 120 valence electrons. The predicted octanol–water partition coefficient (Wildman–Crippen LogP) is 0.703. The number of hydrogen-bond donors (Lipinski definition) is 4. The molecular weight excluding hydrogens is 274 g/mol. The number of carbonyl (C=O) groups excluding carboxylic acids is 2. The zero-order valence-electron chi connectivity index (χ0n) is 12.5. The van der Waals surface area contributed by atoms with Crippen LogP contribution in [-0.4, -0.2) is 42.6 Å². The van der Waals surface area contributed by atoms with Crippen molar-refractivity contribution in [3.63, 3.8) is 0 Å². The van der Waals surface area contributed by atoms with E-state index in [0.29, 0.717) is 31.8 Å². The monoisotopic (exact) mass is 299 g/mol. The molecule has 0 aromatic heterocycles. The van der Waals surface area contributed by atoms with Crippen LogP contribution in [0.25, 0.3) is 0 Å². The minimum Gasteiger partial charge on any atom is -0.481 e. The maximum absolute atomic E-state index is 11.5. The van der Waals surface area contributed by atoms with Crippen molar-refractivity contribution in [1.82, 2.24) is 16.0 Å². The van der Waals surface area contributed by atoms with Crippen LogP contribution in [-0.2, 0) is 9.59 Å². The summed E-state index contributed by atoms with van der Waals surface area (Å²) in [4.78, 5) is 33.6. The lowest BCUT2D eigenvalue weighted by Gasteiger charge is -2.26. The Morgan fingerprint density at radius 3 is 2.38 bits per heavy atom. The molecule has 0 atom stereocenters. The molecule has 0 aromatic rings. The number of imide groups is 1. The van der Waals surface area contributed by atoms with Gasteiger partial charge in [0, 0.05) is 6.54 Å². The van der Waals surface area contributed by atoms with Crippen molar-refractivity contribution in [3.05, 3.63) is 0 Å². The molecule has 21 heavy (non-hydrogen) atoms. The first-order chi connectivity index (χ1) is 10.0. The van der Waals surface area contributed by atoms with Gasteiger partial charge in [-0.05, 0) is 44.6 Å². The molecule has 0 aliphatic heterocycles. The normalized spacial score (nSPS) is 21.6. The second kappa shape index (κ2) is 9.33. The van der Waals surface area contributed by atoms with E-state index < -0.39 is 12.0 Å². The standard InChI is InChI=1S/C14H25N3O4/c1-2-7-16-14(21)17-12(18)9-15-8-10-3-5-11(6-4-10)13(19)20/h10-11,15H,2-9H2,1H3,(H,19,20)(H2,16,17,18,21). The summed E-state index contributed by atoms with van der Waals surface area (Å²) in [5.41, 5.74) is 0. The highest BCUT2D eigenvalue weighted by atomic mass is 16.4. The smallest absolute Gasteiger partial charge is 0.321 e. The Bertz CT molecular complexity index is 365. The van der Waals surface area contributed by atoms with Crippen molar-refractivity contribution in [2.45, 2.75) is 39.0 Å². The summed E-state index contributed by atoms with van der Waals surface area (Å²) in [6.07, 6.45) is 3.95. The van der Waals surface area contributed by atoms with Gasteiger partial charge in [-0.2, -0.15) is 0 Å². The van der Waals surface area contributed by atoms with Gasteiger partial charge in [0.05, 0.1) is 12.5 Å². The molecule has 0 heterocycles. The van der Waals surface area contributed by atoms with Crippen LogP contribution in [0.4, 0.5) is 4.79 Å². The molecule has 0 aromatic carbocycles. The molecule has 3 amide bonds. The third-order valence-corrected chi connectivity index (χ3v) is 3.70. The van der Waals surface area contributed by atoms with Crippen LogP contribution in [0, 0.1) is 11.8 Å². The fraction of sp³-hybridized carbons (Fsp3) is 0.786. The van der Waals surface area contributed by atoms with E-state index in [-0.39, 0.29) is 18.4 Å². The summed E-state index contributed by atoms with van der Waals surface area (Å²) in [5, 5.41) is 16.7. The molecule has 4 N–H and O–H groups in total. The quantitative estimate of drug-likeness (QED) is 0.553. The van der Waals surface area contributed by atoms with Crippen molar-refractivity contribution in [1.29, 1.82) is 0 Å². The molecule has 0 bridgehead atoms. The van der Waals surface area contributed by atoms with Crippen LogP contribution in [0.3, 0.4) is 0 Å². The third-order valence-electron chi connectivity index (χ3n) is 3.70. The van der Waals surface area contributed by atoms with Crippen LogP contribution >= 0.6 is 0 Å². The van der Waals surface area contributed by atoms with Crippen LogP contribution in [0.1, 0.15) is 39.0 Å². The molecule has 1 fully saturated rings. The van der Waals surface area contributed by atoms with Crippen molar-refractivity contribution in [2.75, 3.05) is 19.6 Å². The first kappa shape index (κ1) is 17.4. The molecule has 0 saturated heterocycles. The lowest BCUT2D eigenvalue weighted by Crippen LogP contribution is -2.44. The Balaban J connectivity index is 2.10. The number of carbonyl (C=O) groups is 3. The Hall–Kier alpha value is -1.63. The van der Waals surface area contributed by atoms with Gasteiger partial charge in [0.2, 0.25) is 5.91 Å². The predicted molar refractivity (Wildman–Crippen MR) is 77.8 cm³/mol. The summed E-state index contributed by atoms with van der Waals surface area (Å²) < 4.78 is 0. The highest BCUT2D eigenvalue weighted by Gasteiger charge is 2.25. The highest BCUT2D eigenvalue weighted by molar-refractivity contribution is 5.95. The van der Waals surface area contributed by atoms with Gasteiger partial charge in [-0.3, -0.25) is 14.9 Å². The topological polar surface area (TPSA) is 108 Å².